The molecule has 1 spiro atoms. The van der Waals surface area contributed by atoms with Crippen LogP contribution in [0.15, 0.2) is 48.5 Å². The fourth-order valence-corrected chi connectivity index (χ4v) is 8.57. The number of aliphatic hydroxyl groups is 1. The van der Waals surface area contributed by atoms with Crippen molar-refractivity contribution in [3.63, 3.8) is 0 Å². The van der Waals surface area contributed by atoms with Gasteiger partial charge in [-0.3, -0.25) is 9.69 Å². The summed E-state index contributed by atoms with van der Waals surface area (Å²) in [4.78, 5) is 18.3. The van der Waals surface area contributed by atoms with E-state index in [9.17, 15) is 23.1 Å². The smallest absolute Gasteiger partial charge is 0.416 e. The number of carbonyl (C=O) groups is 1. The predicted octanol–water partition coefficient (Wildman–Crippen LogP) is 5.84. The third-order valence-electron chi connectivity index (χ3n) is 10.5. The molecule has 2 aliphatic heterocycles. The molecule has 1 saturated heterocycles. The van der Waals surface area contributed by atoms with Crippen LogP contribution in [0.5, 0.6) is 5.75 Å². The minimum atomic E-state index is -4.40. The Morgan fingerprint density at radius 2 is 1.90 bits per heavy atom. The van der Waals surface area contributed by atoms with E-state index in [0.717, 1.165) is 55.3 Å². The number of benzene rings is 2. The topological polar surface area (TPSA) is 53.0 Å². The van der Waals surface area contributed by atoms with Gasteiger partial charge in [-0.25, -0.2) is 0 Å². The summed E-state index contributed by atoms with van der Waals surface area (Å²) in [5, 5.41) is 12.7. The summed E-state index contributed by atoms with van der Waals surface area (Å²) in [6.07, 6.45) is 3.68. The average molecular weight is 581 g/mol. The lowest BCUT2D eigenvalue weighted by molar-refractivity contribution is -0.201. The van der Waals surface area contributed by atoms with Gasteiger partial charge in [-0.2, -0.15) is 13.2 Å². The molecule has 2 heterocycles. The Balaban J connectivity index is 1.22. The van der Waals surface area contributed by atoms with Crippen molar-refractivity contribution in [2.45, 2.75) is 87.8 Å². The molecule has 2 bridgehead atoms. The molecule has 0 aromatic heterocycles. The van der Waals surface area contributed by atoms with Crippen molar-refractivity contribution in [3.05, 3.63) is 70.8 Å². The van der Waals surface area contributed by atoms with Crippen molar-refractivity contribution < 1.29 is 27.8 Å². The van der Waals surface area contributed by atoms with Crippen LogP contribution in [-0.4, -0.2) is 64.2 Å². The molecule has 224 valence electrons. The third-order valence-corrected chi connectivity index (χ3v) is 10.5. The summed E-state index contributed by atoms with van der Waals surface area (Å²) in [6.45, 7) is 6.63. The van der Waals surface area contributed by atoms with Gasteiger partial charge in [0.2, 0.25) is 5.91 Å². The van der Waals surface area contributed by atoms with Crippen LogP contribution in [0, 0.1) is 11.8 Å². The van der Waals surface area contributed by atoms with E-state index in [0.29, 0.717) is 24.9 Å². The van der Waals surface area contributed by atoms with Crippen LogP contribution < -0.4 is 4.74 Å². The fraction of sp³-hybridized carbons (Fsp3) is 0.559. The number of piperidine rings is 1. The summed E-state index contributed by atoms with van der Waals surface area (Å²) in [5.74, 6) is 1.59. The van der Waals surface area contributed by atoms with Gasteiger partial charge in [0.1, 0.15) is 11.9 Å². The van der Waals surface area contributed by atoms with Crippen LogP contribution in [-0.2, 0) is 22.8 Å². The molecule has 2 aromatic carbocycles. The van der Waals surface area contributed by atoms with Crippen LogP contribution in [0.1, 0.15) is 68.2 Å². The second-order valence-corrected chi connectivity index (χ2v) is 13.6. The third kappa shape index (κ3) is 4.31. The number of amides is 1. The first-order chi connectivity index (χ1) is 20.0. The van der Waals surface area contributed by atoms with Gasteiger partial charge in [0, 0.05) is 30.8 Å². The van der Waals surface area contributed by atoms with Crippen LogP contribution in [0.4, 0.5) is 13.2 Å². The van der Waals surface area contributed by atoms with Crippen molar-refractivity contribution in [2.75, 3.05) is 19.6 Å². The summed E-state index contributed by atoms with van der Waals surface area (Å²) in [7, 11) is 0. The van der Waals surface area contributed by atoms with Crippen LogP contribution in [0.2, 0.25) is 0 Å². The average Bonchev–Trinajstić information content (AvgIpc) is 3.69. The second kappa shape index (κ2) is 9.84. The predicted molar refractivity (Wildman–Crippen MR) is 154 cm³/mol. The highest BCUT2D eigenvalue weighted by atomic mass is 19.4. The Morgan fingerprint density at radius 1 is 1.14 bits per heavy atom. The van der Waals surface area contributed by atoms with E-state index in [4.69, 9.17) is 4.74 Å². The molecule has 5 atom stereocenters. The quantitative estimate of drug-likeness (QED) is 0.419. The summed E-state index contributed by atoms with van der Waals surface area (Å²) in [5.41, 5.74) is 0.731. The highest BCUT2D eigenvalue weighted by Gasteiger charge is 2.73. The number of halogens is 3. The standard InChI is InChI=1S/C34H39F3N2O3/c1-21(2)19-39(29(40)13-10-22-8-11-25(12-9-22)34(35,36)37)26-14-15-33(41)28-18-24-4-3-5-27-30(24)32(33,31(26)42-27)16-17-38(28)20-23-6-7-23/h3-5,8-13,21,23,26,28,31,41H,6-7,14-20H2,1-2H3/t26-,28-,31+,32+,33-/m1/s1. The number of ether oxygens (including phenoxy) is 1. The van der Waals surface area contributed by atoms with Gasteiger partial charge in [-0.15, -0.1) is 0 Å². The van der Waals surface area contributed by atoms with Gasteiger partial charge in [0.25, 0.3) is 0 Å². The maximum absolute atomic E-state index is 13.9. The van der Waals surface area contributed by atoms with Crippen molar-refractivity contribution in [1.29, 1.82) is 0 Å². The number of nitrogens with zero attached hydrogens (tertiary/aromatic N) is 2. The lowest BCUT2D eigenvalue weighted by Crippen LogP contribution is -2.78. The zero-order chi connectivity index (χ0) is 29.4. The summed E-state index contributed by atoms with van der Waals surface area (Å²) < 4.78 is 45.8. The molecular formula is C34H39F3N2O3. The molecule has 42 heavy (non-hydrogen) atoms. The van der Waals surface area contributed by atoms with Gasteiger partial charge in [-0.05, 0) is 92.3 Å². The molecule has 7 rings (SSSR count). The number of alkyl halides is 3. The van der Waals surface area contributed by atoms with E-state index < -0.39 is 22.8 Å². The molecule has 0 unspecified atom stereocenters. The molecule has 1 amide bonds. The van der Waals surface area contributed by atoms with Crippen LogP contribution in [0.3, 0.4) is 0 Å². The summed E-state index contributed by atoms with van der Waals surface area (Å²) in [6, 6.07) is 10.9. The Kier molecular flexibility index (Phi) is 6.55. The number of likely N-dealkylation sites (tertiary alicyclic amines) is 1. The van der Waals surface area contributed by atoms with Crippen molar-refractivity contribution in [1.82, 2.24) is 9.80 Å². The number of carbonyl (C=O) groups excluding carboxylic acids is 1. The first-order valence-electron chi connectivity index (χ1n) is 15.4. The van der Waals surface area contributed by atoms with Crippen molar-refractivity contribution in [2.24, 2.45) is 11.8 Å². The molecule has 0 radical (unpaired) electrons. The molecule has 5 nitrogen and oxygen atoms in total. The van der Waals surface area contributed by atoms with Gasteiger partial charge in [-0.1, -0.05) is 38.1 Å². The Hall–Kier alpha value is -2.84. The fourth-order valence-electron chi connectivity index (χ4n) is 8.57. The SMILES string of the molecule is CC(C)CN(C(=O)C=Cc1ccc(C(F)(F)F)cc1)[C@@H]1CC[C@@]2(O)[C@H]3Cc4cccc5c4[C@@]2(CCN3CC2CC2)[C@H]1O5. The van der Waals surface area contributed by atoms with E-state index in [2.05, 4.69) is 24.8 Å². The molecule has 2 aromatic rings. The van der Waals surface area contributed by atoms with Gasteiger partial charge >= 0.3 is 6.18 Å². The monoisotopic (exact) mass is 580 g/mol. The van der Waals surface area contributed by atoms with Crippen LogP contribution >= 0.6 is 0 Å². The van der Waals surface area contributed by atoms with Gasteiger partial charge in [0.15, 0.2) is 0 Å². The maximum Gasteiger partial charge on any atom is 0.416 e. The van der Waals surface area contributed by atoms with Gasteiger partial charge in [0.05, 0.1) is 22.6 Å². The molecule has 8 heteroatoms. The van der Waals surface area contributed by atoms with Crippen molar-refractivity contribution >= 4 is 12.0 Å². The molecule has 5 aliphatic rings. The van der Waals surface area contributed by atoms with E-state index >= 15 is 0 Å². The van der Waals surface area contributed by atoms with Crippen molar-refractivity contribution in [3.8, 4) is 5.75 Å². The lowest BCUT2D eigenvalue weighted by atomic mass is 9.48. The first kappa shape index (κ1) is 28.0. The molecular weight excluding hydrogens is 541 g/mol. The van der Waals surface area contributed by atoms with Gasteiger partial charge < -0.3 is 14.7 Å². The molecule has 3 aliphatic carbocycles. The molecule has 1 N–H and O–H groups in total. The zero-order valence-electron chi connectivity index (χ0n) is 24.2. The Morgan fingerprint density at radius 3 is 2.60 bits per heavy atom. The minimum Gasteiger partial charge on any atom is -0.487 e. The number of hydrogen-bond acceptors (Lipinski definition) is 4. The Labute approximate surface area is 245 Å². The number of hydrogen-bond donors (Lipinski definition) is 1. The largest absolute Gasteiger partial charge is 0.487 e. The van der Waals surface area contributed by atoms with E-state index in [-0.39, 0.29) is 30.0 Å². The maximum atomic E-state index is 13.9. The first-order valence-corrected chi connectivity index (χ1v) is 15.4. The van der Waals surface area contributed by atoms with Crippen LogP contribution in [0.25, 0.3) is 6.08 Å². The minimum absolute atomic E-state index is 0.0357. The summed E-state index contributed by atoms with van der Waals surface area (Å²) >= 11 is 0. The van der Waals surface area contributed by atoms with E-state index in [1.54, 1.807) is 6.08 Å². The highest BCUT2D eigenvalue weighted by Crippen LogP contribution is 2.64. The van der Waals surface area contributed by atoms with E-state index in [1.807, 2.05) is 17.0 Å². The Bertz CT molecular complexity index is 1400. The molecule has 2 saturated carbocycles. The normalized spacial score (nSPS) is 31.7. The van der Waals surface area contributed by atoms with E-state index in [1.165, 1.54) is 36.6 Å². The molecule has 3 fully saturated rings. The number of rotatable bonds is 7. The lowest BCUT2D eigenvalue weighted by Gasteiger charge is -2.65. The zero-order valence-corrected chi connectivity index (χ0v) is 24.2. The highest BCUT2D eigenvalue weighted by molar-refractivity contribution is 5.92. The second-order valence-electron chi connectivity index (χ2n) is 13.6.